The summed E-state index contributed by atoms with van der Waals surface area (Å²) < 4.78 is 24.9. The molecule has 0 saturated carbocycles. The van der Waals surface area contributed by atoms with E-state index in [1.54, 1.807) is 21.3 Å². The van der Waals surface area contributed by atoms with Crippen molar-refractivity contribution in [3.8, 4) is 17.2 Å². The van der Waals surface area contributed by atoms with Gasteiger partial charge in [0.2, 0.25) is 0 Å². The van der Waals surface area contributed by atoms with Crippen LogP contribution in [0.5, 0.6) is 17.2 Å². The molecule has 2 unspecified atom stereocenters. The van der Waals surface area contributed by atoms with Crippen LogP contribution in [-0.4, -0.2) is 42.4 Å². The summed E-state index contributed by atoms with van der Waals surface area (Å²) in [6.45, 7) is 0.506. The van der Waals surface area contributed by atoms with Crippen LogP contribution >= 0.6 is 11.6 Å². The summed E-state index contributed by atoms with van der Waals surface area (Å²) in [5, 5.41) is 1.66. The molecule has 1 heterocycles. The molecule has 31 heavy (non-hydrogen) atoms. The Morgan fingerprint density at radius 2 is 1.65 bits per heavy atom. The first-order valence-corrected chi connectivity index (χ1v) is 12.5. The molecule has 1 aliphatic heterocycles. The van der Waals surface area contributed by atoms with Gasteiger partial charge in [0.15, 0.2) is 0 Å². The summed E-state index contributed by atoms with van der Waals surface area (Å²) in [5.74, 6) is 1.96. The van der Waals surface area contributed by atoms with Gasteiger partial charge in [0, 0.05) is 0 Å². The van der Waals surface area contributed by atoms with Crippen LogP contribution in [0.4, 0.5) is 0 Å². The Balaban J connectivity index is 1.80. The Morgan fingerprint density at radius 3 is 2.29 bits per heavy atom. The maximum atomic E-state index is 6.43. The minimum atomic E-state index is 0.00126. The van der Waals surface area contributed by atoms with Gasteiger partial charge in [-0.2, -0.15) is 0 Å². The molecule has 162 valence electrons. The fourth-order valence-electron chi connectivity index (χ4n) is 4.06. The van der Waals surface area contributed by atoms with Gasteiger partial charge < -0.3 is 0 Å². The molecule has 1 aliphatic rings. The molecule has 4 rings (SSSR count). The van der Waals surface area contributed by atoms with Crippen molar-refractivity contribution in [1.29, 1.82) is 0 Å². The van der Waals surface area contributed by atoms with Gasteiger partial charge in [0.25, 0.3) is 0 Å². The van der Waals surface area contributed by atoms with Crippen molar-refractivity contribution in [3.63, 3.8) is 0 Å². The minimum absolute atomic E-state index is 0.00126. The molecule has 3 aromatic carbocycles. The summed E-state index contributed by atoms with van der Waals surface area (Å²) in [7, 11) is 4.95. The van der Waals surface area contributed by atoms with Crippen LogP contribution in [0.25, 0.3) is 0 Å². The molecule has 4 nitrogen and oxygen atoms in total. The summed E-state index contributed by atoms with van der Waals surface area (Å²) in [6, 6.07) is 20.6. The van der Waals surface area contributed by atoms with Crippen LogP contribution in [0.2, 0.25) is 10.3 Å². The van der Waals surface area contributed by atoms with Gasteiger partial charge in [-0.1, -0.05) is 0 Å². The summed E-state index contributed by atoms with van der Waals surface area (Å²) >= 11 is 6.47. The third-order valence-corrected chi connectivity index (χ3v) is 8.04. The van der Waals surface area contributed by atoms with Crippen molar-refractivity contribution in [2.24, 2.45) is 0 Å². The van der Waals surface area contributed by atoms with Crippen molar-refractivity contribution in [2.45, 2.75) is 23.9 Å². The molecule has 2 atom stereocenters. The van der Waals surface area contributed by atoms with Gasteiger partial charge in [0.05, 0.1) is 0 Å². The predicted molar refractivity (Wildman–Crippen MR) is 125 cm³/mol. The number of fused-ring (bicyclic) bond motifs is 1. The first-order valence-electron chi connectivity index (χ1n) is 10.0. The summed E-state index contributed by atoms with van der Waals surface area (Å²) in [4.78, 5) is 0. The molecule has 0 spiro atoms. The van der Waals surface area contributed by atoms with E-state index in [4.69, 9.17) is 30.5 Å². The van der Waals surface area contributed by atoms with Gasteiger partial charge in [-0.15, -0.1) is 0 Å². The molecule has 0 radical (unpaired) electrons. The Morgan fingerprint density at radius 1 is 0.935 bits per heavy atom. The molecule has 0 amide bonds. The Bertz CT molecular complexity index is 1020. The fourth-order valence-corrected chi connectivity index (χ4v) is 6.27. The molecule has 0 N–H and O–H groups in total. The quantitative estimate of drug-likeness (QED) is 0.432. The third kappa shape index (κ3) is 4.56. The number of hydrogen-bond donors (Lipinski definition) is 0. The van der Waals surface area contributed by atoms with E-state index in [0.29, 0.717) is 28.9 Å². The van der Waals surface area contributed by atoms with E-state index < -0.39 is 0 Å². The Labute approximate surface area is 194 Å². The number of halogens is 1. The van der Waals surface area contributed by atoms with Crippen LogP contribution in [-0.2, 0) is 11.3 Å². The first kappa shape index (κ1) is 22.0. The van der Waals surface area contributed by atoms with Crippen LogP contribution in [0.1, 0.15) is 22.6 Å². The molecule has 0 fully saturated rings. The zero-order valence-electron chi connectivity index (χ0n) is 17.8. The molecule has 0 bridgehead atoms. The standard InChI is InChI=1S/C25H25ClO4Se/c1-27-20-13-17-14-30-21(15-31-19-7-5-4-6-8-19)22(16-9-11-18(26)12-10-16)23(17)25(29-3)24(20)28-2/h4-13,21-22H,14-15H2,1-3H3. The second kappa shape index (κ2) is 9.97. The summed E-state index contributed by atoms with van der Waals surface area (Å²) in [6.07, 6.45) is 0.0147. The van der Waals surface area contributed by atoms with E-state index in [-0.39, 0.29) is 27.0 Å². The normalized spacial score (nSPS) is 17.7. The van der Waals surface area contributed by atoms with Gasteiger partial charge >= 0.3 is 195 Å². The number of rotatable bonds is 7. The molecule has 0 aliphatic carbocycles. The van der Waals surface area contributed by atoms with Gasteiger partial charge in [-0.3, -0.25) is 0 Å². The molecular weight excluding hydrogens is 479 g/mol. The van der Waals surface area contributed by atoms with Crippen molar-refractivity contribution in [3.05, 3.63) is 82.4 Å². The second-order valence-corrected chi connectivity index (χ2v) is 9.95. The predicted octanol–water partition coefficient (Wildman–Crippen LogP) is 4.84. The van der Waals surface area contributed by atoms with Crippen molar-refractivity contribution < 1.29 is 18.9 Å². The first-order chi connectivity index (χ1) is 15.2. The molecule has 0 saturated heterocycles. The Kier molecular flexibility index (Phi) is 7.09. The zero-order chi connectivity index (χ0) is 21.8. The van der Waals surface area contributed by atoms with Gasteiger partial charge in [0.1, 0.15) is 0 Å². The Hall–Kier alpha value is -2.17. The monoisotopic (exact) mass is 504 g/mol. The maximum absolute atomic E-state index is 6.43. The van der Waals surface area contributed by atoms with Crippen molar-refractivity contribution >= 4 is 31.0 Å². The van der Waals surface area contributed by atoms with Gasteiger partial charge in [-0.05, 0) is 0 Å². The van der Waals surface area contributed by atoms with E-state index in [9.17, 15) is 0 Å². The molecule has 6 heteroatoms. The number of benzene rings is 3. The molecular formula is C25H25ClO4Se. The SMILES string of the molecule is COc1cc2c(c(OC)c1OC)C(c1ccc(Cl)cc1)C(C[Se]c1ccccc1)OC2. The van der Waals surface area contributed by atoms with Crippen LogP contribution in [0.15, 0.2) is 60.7 Å². The zero-order valence-corrected chi connectivity index (χ0v) is 20.2. The van der Waals surface area contributed by atoms with Crippen molar-refractivity contribution in [2.75, 3.05) is 21.3 Å². The second-order valence-electron chi connectivity index (χ2n) is 7.22. The molecule has 3 aromatic rings. The average Bonchev–Trinajstić information content (AvgIpc) is 2.82. The van der Waals surface area contributed by atoms with Crippen molar-refractivity contribution in [1.82, 2.24) is 0 Å². The molecule has 0 aromatic heterocycles. The number of methoxy groups -OCH3 is 3. The van der Waals surface area contributed by atoms with E-state index in [1.807, 2.05) is 24.3 Å². The third-order valence-electron chi connectivity index (χ3n) is 5.48. The van der Waals surface area contributed by atoms with Gasteiger partial charge in [-0.25, -0.2) is 0 Å². The fraction of sp³-hybridized carbons (Fsp3) is 0.280. The summed E-state index contributed by atoms with van der Waals surface area (Å²) in [5.41, 5.74) is 3.30. The van der Waals surface area contributed by atoms with E-state index in [1.165, 1.54) is 4.46 Å². The topological polar surface area (TPSA) is 36.9 Å². The number of ether oxygens (including phenoxy) is 4. The van der Waals surface area contributed by atoms with E-state index in [2.05, 4.69) is 36.4 Å². The van der Waals surface area contributed by atoms with E-state index >= 15 is 0 Å². The number of hydrogen-bond acceptors (Lipinski definition) is 4. The van der Waals surface area contributed by atoms with Crippen LogP contribution in [0, 0.1) is 0 Å². The van der Waals surface area contributed by atoms with E-state index in [0.717, 1.165) is 22.0 Å². The van der Waals surface area contributed by atoms with Crippen LogP contribution < -0.4 is 18.7 Å². The van der Waals surface area contributed by atoms with Crippen LogP contribution in [0.3, 0.4) is 0 Å². The average molecular weight is 504 g/mol.